The summed E-state index contributed by atoms with van der Waals surface area (Å²) in [4.78, 5) is 0.891. The molecule has 0 amide bonds. The first-order chi connectivity index (χ1) is 6.58. The quantitative estimate of drug-likeness (QED) is 0.596. The Bertz CT molecular complexity index is 349. The van der Waals surface area contributed by atoms with Gasteiger partial charge in [-0.05, 0) is 39.0 Å². The van der Waals surface area contributed by atoms with Crippen molar-refractivity contribution >= 4 is 22.8 Å². The van der Waals surface area contributed by atoms with Crippen LogP contribution in [0.1, 0.15) is 19.4 Å². The molecule has 0 spiro atoms. The number of rotatable bonds is 3. The number of thiocarbonyl (C=S) groups is 1. The summed E-state index contributed by atoms with van der Waals surface area (Å²) in [6.45, 7) is 6.00. The van der Waals surface area contributed by atoms with Crippen LogP contribution in [0, 0.1) is 6.92 Å². The van der Waals surface area contributed by atoms with E-state index < -0.39 is 0 Å². The van der Waals surface area contributed by atoms with Crippen LogP contribution in [-0.2, 0) is 0 Å². The van der Waals surface area contributed by atoms with E-state index in [1.807, 2.05) is 19.9 Å². The predicted octanol–water partition coefficient (Wildman–Crippen LogP) is 3.70. The first-order valence-electron chi connectivity index (χ1n) is 4.60. The fourth-order valence-electron chi connectivity index (χ4n) is 1.21. The number of nitrogens with one attached hydrogen (secondary N) is 1. The van der Waals surface area contributed by atoms with Crippen molar-refractivity contribution in [3.8, 4) is 0 Å². The number of allylic oxidation sites excluding steroid dienone is 2. The van der Waals surface area contributed by atoms with Crippen LogP contribution < -0.4 is 5.32 Å². The molecule has 0 atom stereocenters. The van der Waals surface area contributed by atoms with E-state index >= 15 is 0 Å². The fourth-order valence-corrected chi connectivity index (χ4v) is 1.38. The molecule has 2 heteroatoms. The summed E-state index contributed by atoms with van der Waals surface area (Å²) in [5.74, 6) is 0. The highest BCUT2D eigenvalue weighted by Crippen LogP contribution is 2.11. The highest BCUT2D eigenvalue weighted by Gasteiger charge is 1.92. The van der Waals surface area contributed by atoms with Crippen LogP contribution in [0.15, 0.2) is 36.0 Å². The van der Waals surface area contributed by atoms with Crippen LogP contribution in [-0.4, -0.2) is 4.86 Å². The predicted molar refractivity (Wildman–Crippen MR) is 66.8 cm³/mol. The molecule has 0 aromatic heterocycles. The zero-order valence-corrected chi connectivity index (χ0v) is 9.61. The van der Waals surface area contributed by atoms with Gasteiger partial charge in [-0.15, -0.1) is 0 Å². The molecule has 1 nitrogen and oxygen atoms in total. The van der Waals surface area contributed by atoms with Crippen molar-refractivity contribution < 1.29 is 0 Å². The van der Waals surface area contributed by atoms with Gasteiger partial charge < -0.3 is 5.32 Å². The summed E-state index contributed by atoms with van der Waals surface area (Å²) in [6.07, 6.45) is 1.95. The molecule has 1 rings (SSSR count). The molecule has 1 aromatic carbocycles. The van der Waals surface area contributed by atoms with Crippen LogP contribution in [0.3, 0.4) is 0 Å². The molecule has 0 aliphatic carbocycles. The second-order valence-electron chi connectivity index (χ2n) is 3.43. The van der Waals surface area contributed by atoms with Crippen molar-refractivity contribution in [1.82, 2.24) is 0 Å². The van der Waals surface area contributed by atoms with Crippen molar-refractivity contribution in [2.24, 2.45) is 0 Å². The molecule has 0 fully saturated rings. The Balaban J connectivity index is 2.69. The van der Waals surface area contributed by atoms with Crippen molar-refractivity contribution in [2.45, 2.75) is 20.8 Å². The maximum absolute atomic E-state index is 4.99. The highest BCUT2D eigenvalue weighted by atomic mass is 32.1. The van der Waals surface area contributed by atoms with E-state index in [9.17, 15) is 0 Å². The van der Waals surface area contributed by atoms with Crippen LogP contribution >= 0.6 is 12.2 Å². The molecule has 1 aromatic rings. The minimum absolute atomic E-state index is 0.891. The Morgan fingerprint density at radius 1 is 1.21 bits per heavy atom. The van der Waals surface area contributed by atoms with Gasteiger partial charge in [-0.1, -0.05) is 29.9 Å². The Morgan fingerprint density at radius 2 is 1.79 bits per heavy atom. The lowest BCUT2D eigenvalue weighted by Crippen LogP contribution is -1.97. The van der Waals surface area contributed by atoms with Gasteiger partial charge >= 0.3 is 0 Å². The van der Waals surface area contributed by atoms with Gasteiger partial charge in [0.15, 0.2) is 0 Å². The van der Waals surface area contributed by atoms with Gasteiger partial charge in [0.05, 0.1) is 0 Å². The number of hydrogen-bond acceptors (Lipinski definition) is 2. The average Bonchev–Trinajstić information content (AvgIpc) is 2.07. The largest absolute Gasteiger partial charge is 0.359 e. The normalized spacial score (nSPS) is 11.2. The summed E-state index contributed by atoms with van der Waals surface area (Å²) in [5.41, 5.74) is 3.44. The molecule has 14 heavy (non-hydrogen) atoms. The van der Waals surface area contributed by atoms with Gasteiger partial charge in [0.25, 0.3) is 0 Å². The first kappa shape index (κ1) is 10.9. The van der Waals surface area contributed by atoms with Crippen LogP contribution in [0.25, 0.3) is 0 Å². The molecule has 0 saturated heterocycles. The zero-order valence-electron chi connectivity index (χ0n) is 8.79. The fraction of sp³-hybridized carbons (Fsp3) is 0.250. The third-order valence-electron chi connectivity index (χ3n) is 1.81. The molecule has 0 unspecified atom stereocenters. The van der Waals surface area contributed by atoms with Crippen molar-refractivity contribution in [1.29, 1.82) is 0 Å². The number of anilines is 1. The van der Waals surface area contributed by atoms with Crippen LogP contribution in [0.2, 0.25) is 0 Å². The summed E-state index contributed by atoms with van der Waals surface area (Å²) in [6, 6.07) is 8.29. The van der Waals surface area contributed by atoms with E-state index in [2.05, 4.69) is 36.5 Å². The van der Waals surface area contributed by atoms with Gasteiger partial charge in [0.1, 0.15) is 0 Å². The summed E-state index contributed by atoms with van der Waals surface area (Å²) in [7, 11) is 0. The van der Waals surface area contributed by atoms with Crippen LogP contribution in [0.4, 0.5) is 5.69 Å². The first-order valence-corrected chi connectivity index (χ1v) is 5.01. The molecule has 0 aliphatic heterocycles. The summed E-state index contributed by atoms with van der Waals surface area (Å²) >= 11 is 4.99. The number of aryl methyl sites for hydroxylation is 1. The van der Waals surface area contributed by atoms with Gasteiger partial charge in [0, 0.05) is 16.2 Å². The smallest absolute Gasteiger partial charge is 0.0381 e. The molecule has 1 N–H and O–H groups in total. The number of hydrogen-bond donors (Lipinski definition) is 1. The lowest BCUT2D eigenvalue weighted by atomic mass is 10.2. The standard InChI is InChI=1S/C12H15NS/c1-9-4-6-12(7-5-9)13-10(2)8-11(3)14/h4-8,13H,1-3H3/b10-8-. The van der Waals surface area contributed by atoms with Gasteiger partial charge in [-0.25, -0.2) is 0 Å². The summed E-state index contributed by atoms with van der Waals surface area (Å²) < 4.78 is 0. The molecule has 0 radical (unpaired) electrons. The number of benzene rings is 1. The van der Waals surface area contributed by atoms with Crippen LogP contribution in [0.5, 0.6) is 0 Å². The topological polar surface area (TPSA) is 12.0 Å². The van der Waals surface area contributed by atoms with E-state index in [1.54, 1.807) is 0 Å². The molecular weight excluding hydrogens is 190 g/mol. The van der Waals surface area contributed by atoms with Crippen molar-refractivity contribution in [3.05, 3.63) is 41.6 Å². The zero-order chi connectivity index (χ0) is 10.6. The SMILES string of the molecule is CC(=S)/C=C(/C)Nc1ccc(C)cc1. The summed E-state index contributed by atoms with van der Waals surface area (Å²) in [5, 5.41) is 3.27. The third-order valence-corrected chi connectivity index (χ3v) is 1.93. The van der Waals surface area contributed by atoms with Crippen molar-refractivity contribution in [2.75, 3.05) is 5.32 Å². The Labute approximate surface area is 90.8 Å². The molecule has 0 saturated carbocycles. The molecular formula is C12H15NS. The van der Waals surface area contributed by atoms with Gasteiger partial charge in [0.2, 0.25) is 0 Å². The van der Waals surface area contributed by atoms with Gasteiger partial charge in [-0.2, -0.15) is 0 Å². The maximum atomic E-state index is 4.99. The second kappa shape index (κ2) is 4.91. The molecule has 0 bridgehead atoms. The monoisotopic (exact) mass is 205 g/mol. The molecule has 0 heterocycles. The van der Waals surface area contributed by atoms with E-state index in [0.29, 0.717) is 0 Å². The molecule has 0 aliphatic rings. The maximum Gasteiger partial charge on any atom is 0.0381 e. The van der Waals surface area contributed by atoms with E-state index in [4.69, 9.17) is 12.2 Å². The third kappa shape index (κ3) is 3.71. The van der Waals surface area contributed by atoms with Crippen molar-refractivity contribution in [3.63, 3.8) is 0 Å². The Hall–Kier alpha value is -1.15. The minimum atomic E-state index is 0.891. The Kier molecular flexibility index (Phi) is 3.84. The Morgan fingerprint density at radius 3 is 2.29 bits per heavy atom. The minimum Gasteiger partial charge on any atom is -0.359 e. The van der Waals surface area contributed by atoms with E-state index in [1.165, 1.54) is 5.56 Å². The van der Waals surface area contributed by atoms with Gasteiger partial charge in [-0.3, -0.25) is 0 Å². The average molecular weight is 205 g/mol. The van der Waals surface area contributed by atoms with E-state index in [-0.39, 0.29) is 0 Å². The molecule has 74 valence electrons. The lowest BCUT2D eigenvalue weighted by molar-refractivity contribution is 1.37. The lowest BCUT2D eigenvalue weighted by Gasteiger charge is -2.06. The second-order valence-corrected chi connectivity index (χ2v) is 4.07. The van der Waals surface area contributed by atoms with E-state index in [0.717, 1.165) is 16.2 Å². The highest BCUT2D eigenvalue weighted by molar-refractivity contribution is 7.80.